The second-order valence-corrected chi connectivity index (χ2v) is 8.75. The largest absolute Gasteiger partial charge is 0.396 e. The minimum atomic E-state index is -2.98. The molecular formula is C12H24O3S. The van der Waals surface area contributed by atoms with Crippen molar-refractivity contribution in [1.82, 2.24) is 0 Å². The lowest BCUT2D eigenvalue weighted by molar-refractivity contribution is 0.172. The van der Waals surface area contributed by atoms with Crippen molar-refractivity contribution in [1.29, 1.82) is 0 Å². The molecule has 4 heteroatoms. The third kappa shape index (κ3) is 3.45. The Balaban J connectivity index is 2.52. The Kier molecular flexibility index (Phi) is 4.41. The lowest BCUT2D eigenvalue weighted by Crippen LogP contribution is -2.34. The van der Waals surface area contributed by atoms with Crippen LogP contribution in [-0.4, -0.2) is 30.6 Å². The zero-order valence-electron chi connectivity index (χ0n) is 10.6. The average Bonchev–Trinajstić information content (AvgIpc) is 2.16. The van der Waals surface area contributed by atoms with Gasteiger partial charge in [0.05, 0.1) is 10.5 Å². The molecule has 0 bridgehead atoms. The van der Waals surface area contributed by atoms with Crippen LogP contribution in [0.5, 0.6) is 0 Å². The summed E-state index contributed by atoms with van der Waals surface area (Å²) in [6.45, 7) is 5.55. The molecule has 0 aromatic rings. The van der Waals surface area contributed by atoms with Crippen LogP contribution in [0.25, 0.3) is 0 Å². The fraction of sp³-hybridized carbons (Fsp3) is 1.00. The first-order valence-corrected chi connectivity index (χ1v) is 7.74. The molecule has 1 aliphatic carbocycles. The molecule has 0 spiro atoms. The fourth-order valence-electron chi connectivity index (χ4n) is 2.14. The summed E-state index contributed by atoms with van der Waals surface area (Å²) in [5.74, 6) is 1.01. The van der Waals surface area contributed by atoms with E-state index in [9.17, 15) is 8.42 Å². The van der Waals surface area contributed by atoms with E-state index in [0.29, 0.717) is 17.6 Å². The summed E-state index contributed by atoms with van der Waals surface area (Å²) < 4.78 is 23.4. The highest BCUT2D eigenvalue weighted by Gasteiger charge is 2.33. The summed E-state index contributed by atoms with van der Waals surface area (Å²) in [4.78, 5) is 0. The molecule has 1 aliphatic rings. The van der Waals surface area contributed by atoms with Gasteiger partial charge in [-0.15, -0.1) is 0 Å². The third-order valence-electron chi connectivity index (χ3n) is 3.61. The number of rotatable bonds is 3. The molecule has 0 unspecified atom stereocenters. The van der Waals surface area contributed by atoms with Gasteiger partial charge < -0.3 is 5.11 Å². The maximum Gasteiger partial charge on any atom is 0.155 e. The molecule has 0 radical (unpaired) electrons. The van der Waals surface area contributed by atoms with Crippen molar-refractivity contribution in [3.05, 3.63) is 0 Å². The molecule has 1 saturated carbocycles. The zero-order valence-corrected chi connectivity index (χ0v) is 11.4. The van der Waals surface area contributed by atoms with Crippen LogP contribution in [-0.2, 0) is 9.84 Å². The molecule has 3 nitrogen and oxygen atoms in total. The Morgan fingerprint density at radius 2 is 1.50 bits per heavy atom. The van der Waals surface area contributed by atoms with Crippen LogP contribution < -0.4 is 0 Å². The standard InChI is InChI=1S/C12H24O3S/c1-12(2,3)16(14,15)9-11-6-4-10(8-13)5-7-11/h10-11,13H,4-9H2,1-3H3. The Morgan fingerprint density at radius 1 is 1.06 bits per heavy atom. The lowest BCUT2D eigenvalue weighted by atomic mass is 9.83. The second-order valence-electron chi connectivity index (χ2n) is 5.96. The SMILES string of the molecule is CC(C)(C)S(=O)(=O)CC1CCC(CO)CC1. The van der Waals surface area contributed by atoms with Crippen molar-refractivity contribution in [3.63, 3.8) is 0 Å². The molecule has 1 N–H and O–H groups in total. The normalized spacial score (nSPS) is 28.0. The van der Waals surface area contributed by atoms with Crippen LogP contribution >= 0.6 is 0 Å². The van der Waals surface area contributed by atoms with Gasteiger partial charge >= 0.3 is 0 Å². The van der Waals surface area contributed by atoms with Crippen molar-refractivity contribution in [3.8, 4) is 0 Å². The van der Waals surface area contributed by atoms with E-state index in [1.807, 2.05) is 0 Å². The van der Waals surface area contributed by atoms with E-state index in [4.69, 9.17) is 5.11 Å². The third-order valence-corrected chi connectivity index (χ3v) is 6.39. The second kappa shape index (κ2) is 5.05. The molecular weight excluding hydrogens is 224 g/mol. The molecule has 96 valence electrons. The number of sulfone groups is 1. The summed E-state index contributed by atoms with van der Waals surface area (Å²) >= 11 is 0. The van der Waals surface area contributed by atoms with E-state index in [2.05, 4.69) is 0 Å². The van der Waals surface area contributed by atoms with Gasteiger partial charge in [-0.25, -0.2) is 8.42 Å². The highest BCUT2D eigenvalue weighted by Crippen LogP contribution is 2.31. The van der Waals surface area contributed by atoms with E-state index in [0.717, 1.165) is 25.7 Å². The first-order valence-electron chi connectivity index (χ1n) is 6.09. The van der Waals surface area contributed by atoms with Crippen LogP contribution in [0, 0.1) is 11.8 Å². The molecule has 0 atom stereocenters. The topological polar surface area (TPSA) is 54.4 Å². The summed E-state index contributed by atoms with van der Waals surface area (Å²) in [6.07, 6.45) is 3.84. The molecule has 0 aromatic carbocycles. The van der Waals surface area contributed by atoms with Gasteiger partial charge in [0.15, 0.2) is 9.84 Å². The number of hydrogen-bond acceptors (Lipinski definition) is 3. The molecule has 0 aromatic heterocycles. The summed E-state index contributed by atoms with van der Waals surface area (Å²) in [5.41, 5.74) is 0. The lowest BCUT2D eigenvalue weighted by Gasteiger charge is -2.29. The van der Waals surface area contributed by atoms with Crippen molar-refractivity contribution in [2.75, 3.05) is 12.4 Å². The van der Waals surface area contributed by atoms with Crippen molar-refractivity contribution in [2.24, 2.45) is 11.8 Å². The van der Waals surface area contributed by atoms with Gasteiger partial charge in [-0.1, -0.05) is 0 Å². The van der Waals surface area contributed by atoms with Crippen molar-refractivity contribution in [2.45, 2.75) is 51.2 Å². The minimum absolute atomic E-state index is 0.249. The maximum atomic E-state index is 12.0. The molecule has 0 aliphatic heterocycles. The van der Waals surface area contributed by atoms with E-state index in [1.54, 1.807) is 20.8 Å². The molecule has 1 fully saturated rings. The fourth-order valence-corrected chi connectivity index (χ4v) is 3.59. The van der Waals surface area contributed by atoms with E-state index in [1.165, 1.54) is 0 Å². The maximum absolute atomic E-state index is 12.0. The van der Waals surface area contributed by atoms with Crippen LogP contribution in [0.1, 0.15) is 46.5 Å². The van der Waals surface area contributed by atoms with Crippen LogP contribution in [0.15, 0.2) is 0 Å². The highest BCUT2D eigenvalue weighted by atomic mass is 32.2. The van der Waals surface area contributed by atoms with E-state index < -0.39 is 14.6 Å². The van der Waals surface area contributed by atoms with Gasteiger partial charge in [0.2, 0.25) is 0 Å². The molecule has 1 rings (SSSR count). The highest BCUT2D eigenvalue weighted by molar-refractivity contribution is 7.92. The van der Waals surface area contributed by atoms with Gasteiger partial charge in [-0.05, 0) is 58.3 Å². The van der Waals surface area contributed by atoms with Gasteiger partial charge in [-0.3, -0.25) is 0 Å². The van der Waals surface area contributed by atoms with Gasteiger partial charge in [0, 0.05) is 6.61 Å². The van der Waals surface area contributed by atoms with E-state index >= 15 is 0 Å². The van der Waals surface area contributed by atoms with Crippen LogP contribution in [0.3, 0.4) is 0 Å². The number of hydrogen-bond donors (Lipinski definition) is 1. The predicted octanol–water partition coefficient (Wildman–Crippen LogP) is 2.00. The number of aliphatic hydroxyl groups is 1. The Hall–Kier alpha value is -0.0900. The Bertz CT molecular complexity index is 306. The summed E-state index contributed by atoms with van der Waals surface area (Å²) in [6, 6.07) is 0. The van der Waals surface area contributed by atoms with Gasteiger partial charge in [0.25, 0.3) is 0 Å². The average molecular weight is 248 g/mol. The number of aliphatic hydroxyl groups excluding tert-OH is 1. The first kappa shape index (κ1) is 14.0. The van der Waals surface area contributed by atoms with Crippen molar-refractivity contribution < 1.29 is 13.5 Å². The molecule has 16 heavy (non-hydrogen) atoms. The minimum Gasteiger partial charge on any atom is -0.396 e. The van der Waals surface area contributed by atoms with Gasteiger partial charge in [0.1, 0.15) is 0 Å². The van der Waals surface area contributed by atoms with Crippen LogP contribution in [0.4, 0.5) is 0 Å². The van der Waals surface area contributed by atoms with Crippen molar-refractivity contribution >= 4 is 9.84 Å². The molecule has 0 amide bonds. The zero-order chi connectivity index (χ0) is 12.4. The monoisotopic (exact) mass is 248 g/mol. The summed E-state index contributed by atoms with van der Waals surface area (Å²) in [5, 5.41) is 9.02. The van der Waals surface area contributed by atoms with Crippen LogP contribution in [0.2, 0.25) is 0 Å². The van der Waals surface area contributed by atoms with Gasteiger partial charge in [-0.2, -0.15) is 0 Å². The molecule has 0 heterocycles. The van der Waals surface area contributed by atoms with E-state index in [-0.39, 0.29) is 6.61 Å². The quantitative estimate of drug-likeness (QED) is 0.831. The predicted molar refractivity (Wildman–Crippen MR) is 66.1 cm³/mol. The smallest absolute Gasteiger partial charge is 0.155 e. The Labute approximate surface area is 99.2 Å². The molecule has 0 saturated heterocycles. The first-order chi connectivity index (χ1) is 7.26. The summed E-state index contributed by atoms with van der Waals surface area (Å²) in [7, 11) is -2.98. The Morgan fingerprint density at radius 3 is 1.88 bits per heavy atom.